The number of benzene rings is 1. The Hall–Kier alpha value is -0.690. The van der Waals surface area contributed by atoms with Gasteiger partial charge in [-0.1, -0.05) is 31.0 Å². The molecule has 0 aromatic heterocycles. The lowest BCUT2D eigenvalue weighted by Crippen LogP contribution is -1.93. The SMILES string of the molecule is [CH2]CCCc1ccc(OCC)cc1Cl. The highest BCUT2D eigenvalue weighted by Crippen LogP contribution is 2.23. The molecule has 0 saturated carbocycles. The second-order valence-electron chi connectivity index (χ2n) is 3.14. The van der Waals surface area contributed by atoms with Crippen molar-refractivity contribution in [2.24, 2.45) is 0 Å². The zero-order valence-electron chi connectivity index (χ0n) is 8.55. The molecule has 0 saturated heterocycles. The molecule has 0 N–H and O–H groups in total. The molecule has 1 nitrogen and oxygen atoms in total. The minimum Gasteiger partial charge on any atom is -0.494 e. The molecule has 14 heavy (non-hydrogen) atoms. The van der Waals surface area contributed by atoms with Gasteiger partial charge in [-0.2, -0.15) is 0 Å². The van der Waals surface area contributed by atoms with E-state index in [1.165, 1.54) is 5.56 Å². The molecular formula is C12H16ClO. The van der Waals surface area contributed by atoms with Crippen LogP contribution in [0.4, 0.5) is 0 Å². The molecule has 1 aromatic carbocycles. The van der Waals surface area contributed by atoms with E-state index in [4.69, 9.17) is 16.3 Å². The highest BCUT2D eigenvalue weighted by molar-refractivity contribution is 6.31. The second-order valence-corrected chi connectivity index (χ2v) is 3.55. The summed E-state index contributed by atoms with van der Waals surface area (Å²) < 4.78 is 5.35. The highest BCUT2D eigenvalue weighted by Gasteiger charge is 2.01. The summed E-state index contributed by atoms with van der Waals surface area (Å²) in [5, 5.41) is 0.796. The van der Waals surface area contributed by atoms with Crippen LogP contribution >= 0.6 is 11.6 Å². The van der Waals surface area contributed by atoms with E-state index in [1.807, 2.05) is 25.1 Å². The smallest absolute Gasteiger partial charge is 0.120 e. The molecule has 0 bridgehead atoms. The number of hydrogen-bond donors (Lipinski definition) is 0. The average Bonchev–Trinajstić information content (AvgIpc) is 2.17. The standard InChI is InChI=1S/C12H16ClO/c1-3-5-6-10-7-8-11(14-4-2)9-12(10)13/h7-9H,1,3-6H2,2H3. The number of aryl methyl sites for hydroxylation is 1. The summed E-state index contributed by atoms with van der Waals surface area (Å²) in [4.78, 5) is 0. The van der Waals surface area contributed by atoms with Gasteiger partial charge in [-0.15, -0.1) is 0 Å². The van der Waals surface area contributed by atoms with Crippen molar-refractivity contribution in [1.82, 2.24) is 0 Å². The van der Waals surface area contributed by atoms with E-state index in [0.717, 1.165) is 30.0 Å². The van der Waals surface area contributed by atoms with Gasteiger partial charge in [0.25, 0.3) is 0 Å². The summed E-state index contributed by atoms with van der Waals surface area (Å²) in [6.45, 7) is 6.45. The van der Waals surface area contributed by atoms with E-state index in [9.17, 15) is 0 Å². The zero-order chi connectivity index (χ0) is 10.4. The van der Waals surface area contributed by atoms with E-state index in [-0.39, 0.29) is 0 Å². The van der Waals surface area contributed by atoms with Crippen molar-refractivity contribution in [2.45, 2.75) is 26.2 Å². The number of halogens is 1. The van der Waals surface area contributed by atoms with E-state index in [1.54, 1.807) is 0 Å². The Kier molecular flexibility index (Phi) is 4.81. The first-order valence-electron chi connectivity index (χ1n) is 4.98. The van der Waals surface area contributed by atoms with Gasteiger partial charge in [0.05, 0.1) is 6.61 Å². The van der Waals surface area contributed by atoms with E-state index >= 15 is 0 Å². The fourth-order valence-electron chi connectivity index (χ4n) is 1.30. The van der Waals surface area contributed by atoms with Crippen LogP contribution < -0.4 is 4.74 Å². The number of hydrogen-bond acceptors (Lipinski definition) is 1. The van der Waals surface area contributed by atoms with Crippen molar-refractivity contribution in [3.8, 4) is 5.75 Å². The van der Waals surface area contributed by atoms with Crippen LogP contribution in [0.3, 0.4) is 0 Å². The minimum absolute atomic E-state index is 0.675. The molecule has 2 heteroatoms. The zero-order valence-corrected chi connectivity index (χ0v) is 9.31. The van der Waals surface area contributed by atoms with Gasteiger partial charge in [0.2, 0.25) is 0 Å². The van der Waals surface area contributed by atoms with E-state index < -0.39 is 0 Å². The van der Waals surface area contributed by atoms with Crippen LogP contribution in [0.5, 0.6) is 5.75 Å². The average molecular weight is 212 g/mol. The highest BCUT2D eigenvalue weighted by atomic mass is 35.5. The Balaban J connectivity index is 2.68. The second kappa shape index (κ2) is 5.92. The Bertz CT molecular complexity index is 284. The molecule has 77 valence electrons. The van der Waals surface area contributed by atoms with Gasteiger partial charge in [0, 0.05) is 5.02 Å². The van der Waals surface area contributed by atoms with Crippen LogP contribution in [0.15, 0.2) is 18.2 Å². The van der Waals surface area contributed by atoms with Crippen LogP contribution in [0.25, 0.3) is 0 Å². The van der Waals surface area contributed by atoms with E-state index in [2.05, 4.69) is 6.92 Å². The van der Waals surface area contributed by atoms with Gasteiger partial charge in [0.1, 0.15) is 5.75 Å². The fraction of sp³-hybridized carbons (Fsp3) is 0.417. The van der Waals surface area contributed by atoms with E-state index in [0.29, 0.717) is 6.61 Å². The molecule has 0 fully saturated rings. The van der Waals surface area contributed by atoms with Crippen molar-refractivity contribution in [3.05, 3.63) is 35.7 Å². The fourth-order valence-corrected chi connectivity index (χ4v) is 1.57. The first-order chi connectivity index (χ1) is 6.77. The third kappa shape index (κ3) is 3.22. The lowest BCUT2D eigenvalue weighted by molar-refractivity contribution is 0.340. The molecular weight excluding hydrogens is 196 g/mol. The first kappa shape index (κ1) is 11.4. The monoisotopic (exact) mass is 211 g/mol. The van der Waals surface area contributed by atoms with Gasteiger partial charge in [0.15, 0.2) is 0 Å². The lowest BCUT2D eigenvalue weighted by atomic mass is 10.1. The lowest BCUT2D eigenvalue weighted by Gasteiger charge is -2.07. The van der Waals surface area contributed by atoms with Crippen molar-refractivity contribution < 1.29 is 4.74 Å². The molecule has 0 atom stereocenters. The van der Waals surface area contributed by atoms with Crippen LogP contribution in [-0.2, 0) is 6.42 Å². The number of ether oxygens (including phenoxy) is 1. The maximum absolute atomic E-state index is 6.10. The molecule has 0 heterocycles. The Labute approximate surface area is 91.0 Å². The van der Waals surface area contributed by atoms with Crippen LogP contribution in [0.1, 0.15) is 25.3 Å². The molecule has 0 spiro atoms. The Morgan fingerprint density at radius 3 is 2.79 bits per heavy atom. The first-order valence-corrected chi connectivity index (χ1v) is 5.36. The molecule has 1 radical (unpaired) electrons. The van der Waals surface area contributed by atoms with Gasteiger partial charge < -0.3 is 4.74 Å². The maximum atomic E-state index is 6.10. The summed E-state index contributed by atoms with van der Waals surface area (Å²) in [7, 11) is 0. The molecule has 1 rings (SSSR count). The molecule has 1 aromatic rings. The quantitative estimate of drug-likeness (QED) is 0.718. The van der Waals surface area contributed by atoms with Crippen LogP contribution in [0.2, 0.25) is 5.02 Å². The summed E-state index contributed by atoms with van der Waals surface area (Å²) in [6.07, 6.45) is 3.02. The van der Waals surface area contributed by atoms with Gasteiger partial charge in [-0.3, -0.25) is 0 Å². The third-order valence-electron chi connectivity index (χ3n) is 2.03. The predicted octanol–water partition coefficient (Wildman–Crippen LogP) is 3.90. The van der Waals surface area contributed by atoms with Gasteiger partial charge in [-0.25, -0.2) is 0 Å². The van der Waals surface area contributed by atoms with Gasteiger partial charge in [-0.05, 0) is 37.5 Å². The third-order valence-corrected chi connectivity index (χ3v) is 2.38. The maximum Gasteiger partial charge on any atom is 0.120 e. The van der Waals surface area contributed by atoms with Crippen LogP contribution in [0, 0.1) is 6.92 Å². The summed E-state index contributed by atoms with van der Waals surface area (Å²) in [5.74, 6) is 0.843. The molecule has 0 unspecified atom stereocenters. The van der Waals surface area contributed by atoms with Crippen LogP contribution in [-0.4, -0.2) is 6.61 Å². The molecule has 0 aliphatic carbocycles. The Morgan fingerprint density at radius 1 is 1.43 bits per heavy atom. The number of rotatable bonds is 5. The summed E-state index contributed by atoms with van der Waals surface area (Å²) >= 11 is 6.10. The molecule has 0 aliphatic rings. The van der Waals surface area contributed by atoms with Crippen molar-refractivity contribution in [3.63, 3.8) is 0 Å². The van der Waals surface area contributed by atoms with Gasteiger partial charge >= 0.3 is 0 Å². The largest absolute Gasteiger partial charge is 0.494 e. The topological polar surface area (TPSA) is 9.23 Å². The molecule has 0 amide bonds. The van der Waals surface area contributed by atoms with Crippen molar-refractivity contribution in [2.75, 3.05) is 6.61 Å². The number of unbranched alkanes of at least 4 members (excludes halogenated alkanes) is 1. The summed E-state index contributed by atoms with van der Waals surface area (Å²) in [6, 6.07) is 5.88. The molecule has 0 aliphatic heterocycles. The Morgan fingerprint density at radius 2 is 2.21 bits per heavy atom. The minimum atomic E-state index is 0.675. The van der Waals surface area contributed by atoms with Crippen molar-refractivity contribution >= 4 is 11.6 Å². The van der Waals surface area contributed by atoms with Crippen molar-refractivity contribution in [1.29, 1.82) is 0 Å². The predicted molar refractivity (Wildman–Crippen MR) is 60.9 cm³/mol. The summed E-state index contributed by atoms with van der Waals surface area (Å²) in [5.41, 5.74) is 1.18. The normalized spacial score (nSPS) is 10.2.